The molecule has 0 saturated heterocycles. The van der Waals surface area contributed by atoms with Crippen molar-refractivity contribution in [1.82, 2.24) is 9.66 Å². The van der Waals surface area contributed by atoms with Crippen molar-refractivity contribution in [2.75, 3.05) is 6.61 Å². The molecule has 0 aliphatic carbocycles. The fourth-order valence-electron chi connectivity index (χ4n) is 3.59. The van der Waals surface area contributed by atoms with Gasteiger partial charge in [-0.1, -0.05) is 53.2 Å². The highest BCUT2D eigenvalue weighted by Gasteiger charge is 2.13. The van der Waals surface area contributed by atoms with Gasteiger partial charge in [0.2, 0.25) is 0 Å². The largest absolute Gasteiger partial charge is 0.490 e. The van der Waals surface area contributed by atoms with Gasteiger partial charge < -0.3 is 9.47 Å². The van der Waals surface area contributed by atoms with Gasteiger partial charge in [0, 0.05) is 20.9 Å². The molecule has 3 aromatic carbocycles. The molecule has 0 radical (unpaired) electrons. The first-order chi connectivity index (χ1) is 17.0. The first-order valence-electron chi connectivity index (χ1n) is 11.4. The second-order valence-electron chi connectivity index (χ2n) is 7.83. The Morgan fingerprint density at radius 1 is 1.00 bits per heavy atom. The number of nitrogens with zero attached hydrogens (tertiary/aromatic N) is 3. The topological polar surface area (TPSA) is 65.7 Å². The lowest BCUT2D eigenvalue weighted by Gasteiger charge is -2.14. The van der Waals surface area contributed by atoms with Gasteiger partial charge in [0.1, 0.15) is 12.4 Å². The Morgan fingerprint density at radius 3 is 2.51 bits per heavy atom. The number of fused-ring (bicyclic) bond motifs is 1. The van der Waals surface area contributed by atoms with E-state index in [4.69, 9.17) is 9.47 Å². The van der Waals surface area contributed by atoms with Crippen LogP contribution in [0.1, 0.15) is 37.2 Å². The van der Waals surface area contributed by atoms with Gasteiger partial charge in [-0.15, -0.1) is 0 Å². The summed E-state index contributed by atoms with van der Waals surface area (Å²) in [4.78, 5) is 17.9. The molecule has 180 valence electrons. The Kier molecular flexibility index (Phi) is 8.36. The van der Waals surface area contributed by atoms with Crippen molar-refractivity contribution in [2.24, 2.45) is 5.10 Å². The van der Waals surface area contributed by atoms with Crippen LogP contribution in [0, 0.1) is 0 Å². The first kappa shape index (κ1) is 25.1. The van der Waals surface area contributed by atoms with Crippen molar-refractivity contribution < 1.29 is 9.47 Å². The van der Waals surface area contributed by atoms with Crippen molar-refractivity contribution in [3.8, 4) is 11.5 Å². The molecule has 4 aromatic rings. The van der Waals surface area contributed by atoms with Gasteiger partial charge in [-0.2, -0.15) is 9.78 Å². The Morgan fingerprint density at radius 2 is 1.77 bits per heavy atom. The SMILES string of the molecule is CCCc1nc2ccc(Br)cc2c(=O)n1N=Cc1cc(OCC)c(OCc2ccccc2)cc1Br. The first-order valence-corrected chi connectivity index (χ1v) is 13.0. The second kappa shape index (κ2) is 11.6. The molecule has 0 aliphatic heterocycles. The van der Waals surface area contributed by atoms with Crippen LogP contribution in [0.15, 0.2) is 79.5 Å². The molecule has 8 heteroatoms. The van der Waals surface area contributed by atoms with Gasteiger partial charge in [0.15, 0.2) is 11.5 Å². The minimum absolute atomic E-state index is 0.208. The molecule has 0 unspecified atom stereocenters. The molecule has 0 saturated carbocycles. The van der Waals surface area contributed by atoms with E-state index in [0.717, 1.165) is 26.5 Å². The van der Waals surface area contributed by atoms with E-state index in [0.29, 0.717) is 47.9 Å². The van der Waals surface area contributed by atoms with Gasteiger partial charge in [-0.3, -0.25) is 4.79 Å². The van der Waals surface area contributed by atoms with Crippen LogP contribution in [0.5, 0.6) is 11.5 Å². The number of aromatic nitrogens is 2. The summed E-state index contributed by atoms with van der Waals surface area (Å²) in [6.07, 6.45) is 3.12. The van der Waals surface area contributed by atoms with Crippen LogP contribution in [-0.4, -0.2) is 22.5 Å². The van der Waals surface area contributed by atoms with Gasteiger partial charge in [0.05, 0.1) is 23.7 Å². The highest BCUT2D eigenvalue weighted by molar-refractivity contribution is 9.10. The van der Waals surface area contributed by atoms with Crippen LogP contribution in [-0.2, 0) is 13.0 Å². The van der Waals surface area contributed by atoms with E-state index in [-0.39, 0.29) is 5.56 Å². The molecule has 0 N–H and O–H groups in total. The molecule has 0 fully saturated rings. The van der Waals surface area contributed by atoms with Crippen LogP contribution in [0.3, 0.4) is 0 Å². The van der Waals surface area contributed by atoms with E-state index in [1.807, 2.05) is 68.4 Å². The Labute approximate surface area is 220 Å². The summed E-state index contributed by atoms with van der Waals surface area (Å²) < 4.78 is 14.8. The predicted molar refractivity (Wildman–Crippen MR) is 147 cm³/mol. The zero-order valence-corrected chi connectivity index (χ0v) is 22.7. The van der Waals surface area contributed by atoms with Crippen LogP contribution < -0.4 is 15.0 Å². The summed E-state index contributed by atoms with van der Waals surface area (Å²) in [5.41, 5.74) is 2.27. The molecule has 1 heterocycles. The van der Waals surface area contributed by atoms with Crippen LogP contribution in [0.2, 0.25) is 0 Å². The molecule has 35 heavy (non-hydrogen) atoms. The zero-order valence-electron chi connectivity index (χ0n) is 19.5. The van der Waals surface area contributed by atoms with Crippen LogP contribution in [0.25, 0.3) is 10.9 Å². The molecule has 0 bridgehead atoms. The van der Waals surface area contributed by atoms with E-state index in [2.05, 4.69) is 41.9 Å². The molecule has 0 aliphatic rings. The maximum absolute atomic E-state index is 13.3. The number of aryl methyl sites for hydroxylation is 1. The maximum Gasteiger partial charge on any atom is 0.282 e. The van der Waals surface area contributed by atoms with Crippen molar-refractivity contribution in [3.05, 3.63) is 96.9 Å². The Hall–Kier alpha value is -2.97. The number of ether oxygens (including phenoxy) is 2. The number of hydrogen-bond donors (Lipinski definition) is 0. The molecule has 0 spiro atoms. The van der Waals surface area contributed by atoms with Crippen molar-refractivity contribution in [2.45, 2.75) is 33.3 Å². The van der Waals surface area contributed by atoms with E-state index in [9.17, 15) is 4.79 Å². The van der Waals surface area contributed by atoms with Crippen molar-refractivity contribution in [1.29, 1.82) is 0 Å². The lowest BCUT2D eigenvalue weighted by atomic mass is 10.2. The van der Waals surface area contributed by atoms with E-state index < -0.39 is 0 Å². The lowest BCUT2D eigenvalue weighted by Crippen LogP contribution is -2.22. The summed E-state index contributed by atoms with van der Waals surface area (Å²) in [5, 5.41) is 5.04. The fraction of sp³-hybridized carbons (Fsp3) is 0.222. The highest BCUT2D eigenvalue weighted by atomic mass is 79.9. The molecule has 4 rings (SSSR count). The number of rotatable bonds is 9. The fourth-order valence-corrected chi connectivity index (χ4v) is 4.37. The third-order valence-corrected chi connectivity index (χ3v) is 6.44. The zero-order chi connectivity index (χ0) is 24.8. The smallest absolute Gasteiger partial charge is 0.282 e. The van der Waals surface area contributed by atoms with Gasteiger partial charge in [0.25, 0.3) is 5.56 Å². The quantitative estimate of drug-likeness (QED) is 0.200. The predicted octanol–water partition coefficient (Wildman–Crippen LogP) is 6.73. The number of hydrogen-bond acceptors (Lipinski definition) is 5. The average Bonchev–Trinajstić information content (AvgIpc) is 2.86. The highest BCUT2D eigenvalue weighted by Crippen LogP contribution is 2.34. The summed E-state index contributed by atoms with van der Waals surface area (Å²) in [5.74, 6) is 1.85. The molecular weight excluding hydrogens is 574 g/mol. The second-order valence-corrected chi connectivity index (χ2v) is 9.60. The third kappa shape index (κ3) is 6.00. The minimum Gasteiger partial charge on any atom is -0.490 e. The molecule has 0 amide bonds. The van der Waals surface area contributed by atoms with Crippen LogP contribution in [0.4, 0.5) is 0 Å². The maximum atomic E-state index is 13.3. The average molecular weight is 599 g/mol. The number of halogens is 2. The van der Waals surface area contributed by atoms with Crippen LogP contribution >= 0.6 is 31.9 Å². The standard InChI is InChI=1S/C27H25Br2N3O3/c1-3-8-26-31-23-12-11-20(28)14-21(23)27(33)32(26)30-16-19-13-24(34-4-2)25(15-22(19)29)35-17-18-9-6-5-7-10-18/h5-7,9-16H,3-4,8,17H2,1-2H3. The normalized spacial score (nSPS) is 11.3. The summed E-state index contributed by atoms with van der Waals surface area (Å²) in [6.45, 7) is 4.88. The lowest BCUT2D eigenvalue weighted by molar-refractivity contribution is 0.269. The number of benzene rings is 3. The van der Waals surface area contributed by atoms with Gasteiger partial charge in [-0.05, 0) is 65.2 Å². The van der Waals surface area contributed by atoms with Gasteiger partial charge in [-0.25, -0.2) is 4.98 Å². The summed E-state index contributed by atoms with van der Waals surface area (Å²) in [7, 11) is 0. The third-order valence-electron chi connectivity index (χ3n) is 5.26. The Balaban J connectivity index is 1.70. The Bertz CT molecular complexity index is 1420. The summed E-state index contributed by atoms with van der Waals surface area (Å²) >= 11 is 7.05. The van der Waals surface area contributed by atoms with Gasteiger partial charge >= 0.3 is 0 Å². The molecule has 0 atom stereocenters. The summed E-state index contributed by atoms with van der Waals surface area (Å²) in [6, 6.07) is 19.2. The molecule has 1 aromatic heterocycles. The van der Waals surface area contributed by atoms with Crippen molar-refractivity contribution >= 4 is 49.0 Å². The van der Waals surface area contributed by atoms with E-state index >= 15 is 0 Å². The van der Waals surface area contributed by atoms with E-state index in [1.54, 1.807) is 12.3 Å². The van der Waals surface area contributed by atoms with Crippen molar-refractivity contribution in [3.63, 3.8) is 0 Å². The monoisotopic (exact) mass is 597 g/mol. The molecule has 6 nitrogen and oxygen atoms in total. The van der Waals surface area contributed by atoms with E-state index in [1.165, 1.54) is 4.68 Å². The minimum atomic E-state index is -0.208. The molecular formula is C27H25Br2N3O3.